The van der Waals surface area contributed by atoms with Crippen molar-refractivity contribution in [3.8, 4) is 0 Å². The van der Waals surface area contributed by atoms with Crippen LogP contribution in [0, 0.1) is 10.8 Å². The number of hydrogen-bond acceptors (Lipinski definition) is 2. The van der Waals surface area contributed by atoms with Gasteiger partial charge >= 0.3 is 6.03 Å². The minimum absolute atomic E-state index is 0.278. The minimum atomic E-state index is -0.587. The van der Waals surface area contributed by atoms with Crippen LogP contribution in [0.4, 0.5) is 4.79 Å². The monoisotopic (exact) mass is 221 g/mol. The lowest BCUT2D eigenvalue weighted by Gasteiger charge is -2.42. The SMILES string of the molecule is C[C@@]12CC=CC[C@]1(C)CC(=NNC(N)=O)C2. The van der Waals surface area contributed by atoms with E-state index in [-0.39, 0.29) is 10.8 Å². The highest BCUT2D eigenvalue weighted by Crippen LogP contribution is 2.57. The number of hydrogen-bond donors (Lipinski definition) is 2. The molecule has 3 N–H and O–H groups in total. The van der Waals surface area contributed by atoms with Crippen LogP contribution in [0.5, 0.6) is 0 Å². The summed E-state index contributed by atoms with van der Waals surface area (Å²) in [5.74, 6) is 0. The van der Waals surface area contributed by atoms with Gasteiger partial charge in [-0.1, -0.05) is 26.0 Å². The zero-order chi connectivity index (χ0) is 11.8. The Bertz CT molecular complexity index is 350. The first kappa shape index (κ1) is 11.2. The summed E-state index contributed by atoms with van der Waals surface area (Å²) in [6.07, 6.45) is 8.61. The number of nitrogens with two attached hydrogens (primary N) is 1. The zero-order valence-corrected chi connectivity index (χ0v) is 9.92. The third kappa shape index (κ3) is 1.72. The highest BCUT2D eigenvalue weighted by atomic mass is 16.2. The van der Waals surface area contributed by atoms with Crippen molar-refractivity contribution in [3.05, 3.63) is 12.2 Å². The molecular formula is C12H19N3O. The van der Waals surface area contributed by atoms with Crippen molar-refractivity contribution in [1.29, 1.82) is 0 Å². The van der Waals surface area contributed by atoms with Crippen LogP contribution in [-0.2, 0) is 0 Å². The molecule has 0 heterocycles. The van der Waals surface area contributed by atoms with Gasteiger partial charge in [0.25, 0.3) is 0 Å². The summed E-state index contributed by atoms with van der Waals surface area (Å²) in [7, 11) is 0. The molecule has 0 radical (unpaired) electrons. The van der Waals surface area contributed by atoms with Crippen LogP contribution in [0.25, 0.3) is 0 Å². The molecule has 4 heteroatoms. The van der Waals surface area contributed by atoms with Gasteiger partial charge in [-0.2, -0.15) is 5.10 Å². The fourth-order valence-corrected chi connectivity index (χ4v) is 2.93. The molecule has 0 spiro atoms. The minimum Gasteiger partial charge on any atom is -0.350 e. The first-order valence-corrected chi connectivity index (χ1v) is 5.71. The van der Waals surface area contributed by atoms with Crippen molar-refractivity contribution in [2.75, 3.05) is 0 Å². The molecule has 4 nitrogen and oxygen atoms in total. The Morgan fingerprint density at radius 2 is 1.81 bits per heavy atom. The van der Waals surface area contributed by atoms with Gasteiger partial charge in [-0.15, -0.1) is 0 Å². The quantitative estimate of drug-likeness (QED) is 0.517. The summed E-state index contributed by atoms with van der Waals surface area (Å²) < 4.78 is 0. The second-order valence-electron chi connectivity index (χ2n) is 5.51. The molecule has 88 valence electrons. The number of primary amides is 1. The lowest BCUT2D eigenvalue weighted by atomic mass is 9.62. The predicted molar refractivity (Wildman–Crippen MR) is 64.0 cm³/mol. The number of hydrazone groups is 1. The Morgan fingerprint density at radius 1 is 1.31 bits per heavy atom. The third-order valence-electron chi connectivity index (χ3n) is 4.27. The predicted octanol–water partition coefficient (Wildman–Crippen LogP) is 2.17. The van der Waals surface area contributed by atoms with E-state index in [2.05, 4.69) is 36.5 Å². The maximum Gasteiger partial charge on any atom is 0.332 e. The van der Waals surface area contributed by atoms with Gasteiger partial charge in [0.05, 0.1) is 0 Å². The maximum atomic E-state index is 10.6. The summed E-state index contributed by atoms with van der Waals surface area (Å²) in [5.41, 5.74) is 8.97. The second kappa shape index (κ2) is 3.61. The first-order chi connectivity index (χ1) is 7.45. The van der Waals surface area contributed by atoms with Crippen molar-refractivity contribution >= 4 is 11.7 Å². The molecule has 1 saturated carbocycles. The van der Waals surface area contributed by atoms with E-state index < -0.39 is 6.03 Å². The van der Waals surface area contributed by atoms with Gasteiger partial charge in [-0.3, -0.25) is 0 Å². The van der Waals surface area contributed by atoms with Crippen LogP contribution in [0.2, 0.25) is 0 Å². The topological polar surface area (TPSA) is 67.5 Å². The van der Waals surface area contributed by atoms with E-state index in [1.807, 2.05) is 0 Å². The van der Waals surface area contributed by atoms with E-state index in [4.69, 9.17) is 5.73 Å². The summed E-state index contributed by atoms with van der Waals surface area (Å²) in [4.78, 5) is 10.6. The molecular weight excluding hydrogens is 202 g/mol. The van der Waals surface area contributed by atoms with Gasteiger partial charge in [-0.05, 0) is 36.5 Å². The highest BCUT2D eigenvalue weighted by molar-refractivity contribution is 5.89. The molecule has 2 atom stereocenters. The fourth-order valence-electron chi connectivity index (χ4n) is 2.93. The Balaban J connectivity index is 2.17. The third-order valence-corrected chi connectivity index (χ3v) is 4.27. The van der Waals surface area contributed by atoms with Crippen LogP contribution in [0.3, 0.4) is 0 Å². The number of rotatable bonds is 1. The molecule has 0 aromatic rings. The number of nitrogens with zero attached hydrogens (tertiary/aromatic N) is 1. The summed E-state index contributed by atoms with van der Waals surface area (Å²) >= 11 is 0. The van der Waals surface area contributed by atoms with Crippen molar-refractivity contribution in [2.24, 2.45) is 21.7 Å². The lowest BCUT2D eigenvalue weighted by molar-refractivity contribution is 0.107. The molecule has 1 fully saturated rings. The number of allylic oxidation sites excluding steroid dienone is 2. The molecule has 2 aliphatic rings. The van der Waals surface area contributed by atoms with Crippen molar-refractivity contribution in [3.63, 3.8) is 0 Å². The highest BCUT2D eigenvalue weighted by Gasteiger charge is 2.50. The number of urea groups is 1. The Hall–Kier alpha value is -1.32. The first-order valence-electron chi connectivity index (χ1n) is 5.71. The molecule has 0 unspecified atom stereocenters. The maximum absolute atomic E-state index is 10.6. The normalized spacial score (nSPS) is 39.8. The van der Waals surface area contributed by atoms with E-state index in [0.717, 1.165) is 31.4 Å². The number of nitrogens with one attached hydrogen (secondary N) is 1. The summed E-state index contributed by atoms with van der Waals surface area (Å²) in [6, 6.07) is -0.587. The molecule has 2 rings (SSSR count). The molecule has 16 heavy (non-hydrogen) atoms. The fraction of sp³-hybridized carbons (Fsp3) is 0.667. The Labute approximate surface area is 96.0 Å². The average molecular weight is 221 g/mol. The lowest BCUT2D eigenvalue weighted by Crippen LogP contribution is -2.33. The largest absolute Gasteiger partial charge is 0.350 e. The molecule has 2 amide bonds. The van der Waals surface area contributed by atoms with Crippen molar-refractivity contribution in [2.45, 2.75) is 39.5 Å². The Morgan fingerprint density at radius 3 is 2.25 bits per heavy atom. The van der Waals surface area contributed by atoms with Crippen LogP contribution in [-0.4, -0.2) is 11.7 Å². The Kier molecular flexibility index (Phi) is 2.52. The second-order valence-corrected chi connectivity index (χ2v) is 5.51. The number of amides is 2. The van der Waals surface area contributed by atoms with Crippen LogP contribution in [0.15, 0.2) is 17.3 Å². The zero-order valence-electron chi connectivity index (χ0n) is 9.92. The van der Waals surface area contributed by atoms with Gasteiger partial charge in [0.15, 0.2) is 0 Å². The molecule has 0 aliphatic heterocycles. The van der Waals surface area contributed by atoms with Gasteiger partial charge in [0.1, 0.15) is 0 Å². The molecule has 0 aromatic carbocycles. The number of carbonyl (C=O) groups excluding carboxylic acids is 1. The van der Waals surface area contributed by atoms with E-state index in [1.165, 1.54) is 0 Å². The molecule has 0 aromatic heterocycles. The smallest absolute Gasteiger partial charge is 0.332 e. The van der Waals surface area contributed by atoms with E-state index in [1.54, 1.807) is 0 Å². The van der Waals surface area contributed by atoms with Crippen molar-refractivity contribution in [1.82, 2.24) is 5.43 Å². The average Bonchev–Trinajstić information content (AvgIpc) is 2.46. The van der Waals surface area contributed by atoms with E-state index in [9.17, 15) is 4.79 Å². The van der Waals surface area contributed by atoms with E-state index >= 15 is 0 Å². The standard InChI is InChI=1S/C12H19N3O/c1-11-5-3-4-6-12(11,2)8-9(7-11)14-15-10(13)16/h3-4H,5-8H2,1-2H3,(H3,13,15,16)/t11-,12+. The van der Waals surface area contributed by atoms with E-state index in [0.29, 0.717) is 0 Å². The van der Waals surface area contributed by atoms with Gasteiger partial charge < -0.3 is 5.73 Å². The molecule has 2 aliphatic carbocycles. The summed E-state index contributed by atoms with van der Waals surface area (Å²) in [6.45, 7) is 4.62. The van der Waals surface area contributed by atoms with Gasteiger partial charge in [0.2, 0.25) is 0 Å². The van der Waals surface area contributed by atoms with Crippen molar-refractivity contribution < 1.29 is 4.79 Å². The van der Waals surface area contributed by atoms with Crippen LogP contribution >= 0.6 is 0 Å². The summed E-state index contributed by atoms with van der Waals surface area (Å²) in [5, 5.41) is 4.10. The molecule has 0 bridgehead atoms. The number of carbonyl (C=O) groups is 1. The van der Waals surface area contributed by atoms with Crippen LogP contribution < -0.4 is 11.2 Å². The van der Waals surface area contributed by atoms with Crippen LogP contribution in [0.1, 0.15) is 39.5 Å². The molecule has 0 saturated heterocycles. The van der Waals surface area contributed by atoms with Gasteiger partial charge in [-0.25, -0.2) is 10.2 Å². The van der Waals surface area contributed by atoms with Gasteiger partial charge in [0, 0.05) is 5.71 Å². The number of fused-ring (bicyclic) bond motifs is 1.